The summed E-state index contributed by atoms with van der Waals surface area (Å²) in [5.74, 6) is -2.68. The van der Waals surface area contributed by atoms with Crippen molar-refractivity contribution in [2.45, 2.75) is 20.5 Å². The minimum Gasteiger partial charge on any atom is -0.462 e. The second-order valence-corrected chi connectivity index (χ2v) is 5.15. The molecule has 0 aromatic heterocycles. The minimum absolute atomic E-state index is 0.0154. The molecule has 0 aliphatic rings. The monoisotopic (exact) mass is 384 g/mol. The third kappa shape index (κ3) is 6.65. The molecule has 0 N–H and O–H groups in total. The topological polar surface area (TPSA) is 78.9 Å². The second kappa shape index (κ2) is 9.78. The summed E-state index contributed by atoms with van der Waals surface area (Å²) in [4.78, 5) is 35.2. The van der Waals surface area contributed by atoms with Gasteiger partial charge in [-0.3, -0.25) is 0 Å². The number of esters is 3. The number of halogens is 1. The van der Waals surface area contributed by atoms with Crippen molar-refractivity contribution >= 4 is 33.8 Å². The molecule has 0 aliphatic heterocycles. The quantitative estimate of drug-likeness (QED) is 0.236. The smallest absolute Gasteiger partial charge is 0.345 e. The van der Waals surface area contributed by atoms with Crippen LogP contribution < -0.4 is 0 Å². The van der Waals surface area contributed by atoms with Crippen LogP contribution in [0.2, 0.25) is 0 Å². The van der Waals surface area contributed by atoms with Gasteiger partial charge in [0.2, 0.25) is 0 Å². The molecule has 124 valence electrons. The van der Waals surface area contributed by atoms with Gasteiger partial charge in [0.15, 0.2) is 5.57 Å². The van der Waals surface area contributed by atoms with Crippen molar-refractivity contribution in [1.82, 2.24) is 0 Å². The van der Waals surface area contributed by atoms with Gasteiger partial charge in [-0.1, -0.05) is 28.1 Å². The fourth-order valence-corrected chi connectivity index (χ4v) is 1.78. The van der Waals surface area contributed by atoms with E-state index in [4.69, 9.17) is 14.2 Å². The van der Waals surface area contributed by atoms with Crippen molar-refractivity contribution in [1.29, 1.82) is 0 Å². The molecule has 0 unspecified atom stereocenters. The van der Waals surface area contributed by atoms with Crippen LogP contribution in [0, 0.1) is 0 Å². The predicted octanol–water partition coefficient (Wildman–Crippen LogP) is 2.54. The van der Waals surface area contributed by atoms with Gasteiger partial charge in [-0.2, -0.15) is 0 Å². The van der Waals surface area contributed by atoms with Gasteiger partial charge in [-0.25, -0.2) is 14.4 Å². The van der Waals surface area contributed by atoms with E-state index < -0.39 is 23.5 Å². The molecule has 7 heteroatoms. The summed E-state index contributed by atoms with van der Waals surface area (Å²) >= 11 is 3.30. The summed E-state index contributed by atoms with van der Waals surface area (Å²) in [5, 5.41) is 0. The van der Waals surface area contributed by atoms with E-state index in [1.54, 1.807) is 26.0 Å². The molecular formula is C16H17BrO6. The van der Waals surface area contributed by atoms with Crippen LogP contribution in [0.4, 0.5) is 0 Å². The van der Waals surface area contributed by atoms with Crippen LogP contribution in [0.15, 0.2) is 40.4 Å². The maximum Gasteiger partial charge on any atom is 0.345 e. The van der Waals surface area contributed by atoms with Gasteiger partial charge in [-0.15, -0.1) is 0 Å². The lowest BCUT2D eigenvalue weighted by Gasteiger charge is -2.07. The molecule has 6 nitrogen and oxygen atoms in total. The Labute approximate surface area is 142 Å². The molecule has 1 rings (SSSR count). The molecule has 0 fully saturated rings. The zero-order valence-electron chi connectivity index (χ0n) is 12.8. The van der Waals surface area contributed by atoms with E-state index in [0.29, 0.717) is 0 Å². The highest BCUT2D eigenvalue weighted by Gasteiger charge is 2.22. The van der Waals surface area contributed by atoms with E-state index in [9.17, 15) is 14.4 Å². The molecule has 0 atom stereocenters. The molecule has 23 heavy (non-hydrogen) atoms. The summed E-state index contributed by atoms with van der Waals surface area (Å²) < 4.78 is 15.4. The minimum atomic E-state index is -0.924. The van der Waals surface area contributed by atoms with Crippen LogP contribution in [0.25, 0.3) is 0 Å². The van der Waals surface area contributed by atoms with Crippen molar-refractivity contribution in [3.8, 4) is 0 Å². The van der Waals surface area contributed by atoms with Crippen LogP contribution in [0.3, 0.4) is 0 Å². The largest absolute Gasteiger partial charge is 0.462 e. The first-order valence-electron chi connectivity index (χ1n) is 6.95. The number of hydrogen-bond acceptors (Lipinski definition) is 6. The summed E-state index contributed by atoms with van der Waals surface area (Å²) in [6.07, 6.45) is 0.787. The number of rotatable bonds is 7. The Morgan fingerprint density at radius 2 is 1.48 bits per heavy atom. The maximum absolute atomic E-state index is 11.8. The summed E-state index contributed by atoms with van der Waals surface area (Å²) in [5.41, 5.74) is 0.276. The highest BCUT2D eigenvalue weighted by atomic mass is 79.9. The Bertz CT molecular complexity index is 571. The Balaban J connectivity index is 2.75. The van der Waals surface area contributed by atoms with Gasteiger partial charge in [-0.05, 0) is 31.5 Å². The van der Waals surface area contributed by atoms with Gasteiger partial charge < -0.3 is 14.2 Å². The lowest BCUT2D eigenvalue weighted by atomic mass is 10.2. The van der Waals surface area contributed by atoms with Gasteiger partial charge in [0.25, 0.3) is 0 Å². The molecule has 1 aromatic carbocycles. The SMILES string of the molecule is CCOC(=O)C(=CC(=O)OCc1ccc(Br)cc1)C(=O)OCC. The van der Waals surface area contributed by atoms with E-state index in [0.717, 1.165) is 16.1 Å². The molecule has 0 aliphatic carbocycles. The third-order valence-corrected chi connectivity index (χ3v) is 3.08. The molecule has 0 spiro atoms. The van der Waals surface area contributed by atoms with Crippen molar-refractivity contribution in [3.63, 3.8) is 0 Å². The van der Waals surface area contributed by atoms with Crippen LogP contribution in [-0.4, -0.2) is 31.1 Å². The van der Waals surface area contributed by atoms with Crippen LogP contribution >= 0.6 is 15.9 Å². The van der Waals surface area contributed by atoms with Crippen LogP contribution in [0.1, 0.15) is 19.4 Å². The molecule has 0 amide bonds. The molecule has 0 bridgehead atoms. The van der Waals surface area contributed by atoms with Crippen molar-refractivity contribution in [3.05, 3.63) is 46.0 Å². The van der Waals surface area contributed by atoms with Crippen LogP contribution in [-0.2, 0) is 35.2 Å². The first kappa shape index (κ1) is 18.9. The lowest BCUT2D eigenvalue weighted by molar-refractivity contribution is -0.148. The third-order valence-electron chi connectivity index (χ3n) is 2.55. The molecule has 1 aromatic rings. The highest BCUT2D eigenvalue weighted by Crippen LogP contribution is 2.11. The Hall–Kier alpha value is -2.15. The van der Waals surface area contributed by atoms with Gasteiger partial charge in [0.05, 0.1) is 13.2 Å². The number of benzene rings is 1. The Morgan fingerprint density at radius 3 is 1.96 bits per heavy atom. The average molecular weight is 385 g/mol. The maximum atomic E-state index is 11.8. The summed E-state index contributed by atoms with van der Waals surface area (Å²) in [6, 6.07) is 7.17. The number of hydrogen-bond donors (Lipinski definition) is 0. The predicted molar refractivity (Wildman–Crippen MR) is 85.3 cm³/mol. The lowest BCUT2D eigenvalue weighted by Crippen LogP contribution is -2.20. The standard InChI is InChI=1S/C16H17BrO6/c1-3-21-15(19)13(16(20)22-4-2)9-14(18)23-10-11-5-7-12(17)8-6-11/h5-9H,3-4,10H2,1-2H3. The molecule has 0 saturated heterocycles. The van der Waals surface area contributed by atoms with Gasteiger partial charge in [0, 0.05) is 10.5 Å². The normalized spacial score (nSPS) is 9.70. The van der Waals surface area contributed by atoms with Crippen molar-refractivity contribution in [2.24, 2.45) is 0 Å². The van der Waals surface area contributed by atoms with Crippen LogP contribution in [0.5, 0.6) is 0 Å². The first-order chi connectivity index (χ1) is 11.0. The molecular weight excluding hydrogens is 368 g/mol. The molecule has 0 heterocycles. The van der Waals surface area contributed by atoms with E-state index in [-0.39, 0.29) is 19.8 Å². The zero-order valence-corrected chi connectivity index (χ0v) is 14.4. The van der Waals surface area contributed by atoms with Gasteiger partial charge >= 0.3 is 17.9 Å². The summed E-state index contributed by atoms with van der Waals surface area (Å²) in [6.45, 7) is 3.34. The van der Waals surface area contributed by atoms with E-state index >= 15 is 0 Å². The fourth-order valence-electron chi connectivity index (χ4n) is 1.51. The molecule has 0 saturated carbocycles. The number of carbonyl (C=O) groups excluding carboxylic acids is 3. The number of ether oxygens (including phenoxy) is 3. The van der Waals surface area contributed by atoms with Crippen molar-refractivity contribution < 1.29 is 28.6 Å². The Kier molecular flexibility index (Phi) is 8.04. The van der Waals surface area contributed by atoms with E-state index in [1.807, 2.05) is 12.1 Å². The van der Waals surface area contributed by atoms with E-state index in [1.165, 1.54) is 0 Å². The summed E-state index contributed by atoms with van der Waals surface area (Å²) in [7, 11) is 0. The first-order valence-corrected chi connectivity index (χ1v) is 7.74. The second-order valence-electron chi connectivity index (χ2n) is 4.23. The number of carbonyl (C=O) groups is 3. The van der Waals surface area contributed by atoms with Crippen molar-refractivity contribution in [2.75, 3.05) is 13.2 Å². The van der Waals surface area contributed by atoms with E-state index in [2.05, 4.69) is 15.9 Å². The van der Waals surface area contributed by atoms with Gasteiger partial charge in [0.1, 0.15) is 6.61 Å². The molecule has 0 radical (unpaired) electrons. The Morgan fingerprint density at radius 1 is 0.957 bits per heavy atom. The highest BCUT2D eigenvalue weighted by molar-refractivity contribution is 9.10. The zero-order chi connectivity index (χ0) is 17.2. The average Bonchev–Trinajstić information content (AvgIpc) is 2.52. The fraction of sp³-hybridized carbons (Fsp3) is 0.312.